The zero-order valence-electron chi connectivity index (χ0n) is 17.3. The van der Waals surface area contributed by atoms with Crippen molar-refractivity contribution in [3.05, 3.63) is 76.2 Å². The molecule has 0 radical (unpaired) electrons. The number of piperidine rings is 1. The molecular formula is C24H27N3O2. The maximum atomic E-state index is 13.0. The molecule has 1 amide bonds. The standard InChI is InChI=1S/C24H27N3O2/c1-24(2,3)21-10-11-22(28)27(25-21)20-12-14-26(15-13-20)23(29)19-9-8-17-6-4-5-7-18(17)16-19/h4-11,16,20H,12-15H2,1-3H3. The molecule has 1 aliphatic rings. The number of carbonyl (C=O) groups excluding carboxylic acids is 1. The summed E-state index contributed by atoms with van der Waals surface area (Å²) in [4.78, 5) is 27.2. The first-order chi connectivity index (χ1) is 13.8. The van der Waals surface area contributed by atoms with Crippen molar-refractivity contribution in [1.82, 2.24) is 14.7 Å². The lowest BCUT2D eigenvalue weighted by Gasteiger charge is -2.33. The highest BCUT2D eigenvalue weighted by Gasteiger charge is 2.27. The molecule has 0 saturated carbocycles. The number of amides is 1. The van der Waals surface area contributed by atoms with Gasteiger partial charge in [-0.3, -0.25) is 9.59 Å². The molecule has 1 fully saturated rings. The summed E-state index contributed by atoms with van der Waals surface area (Å²) in [6, 6.07) is 17.4. The van der Waals surface area contributed by atoms with Gasteiger partial charge < -0.3 is 4.90 Å². The second kappa shape index (κ2) is 7.47. The highest BCUT2D eigenvalue weighted by atomic mass is 16.2. The maximum absolute atomic E-state index is 13.0. The van der Waals surface area contributed by atoms with Crippen LogP contribution in [-0.2, 0) is 5.41 Å². The Balaban J connectivity index is 1.49. The number of benzene rings is 2. The molecule has 0 aliphatic carbocycles. The largest absolute Gasteiger partial charge is 0.338 e. The van der Waals surface area contributed by atoms with Crippen LogP contribution in [0.5, 0.6) is 0 Å². The SMILES string of the molecule is CC(C)(C)c1ccc(=O)n(C2CCN(C(=O)c3ccc4ccccc4c3)CC2)n1. The van der Waals surface area contributed by atoms with Crippen LogP contribution < -0.4 is 5.56 Å². The van der Waals surface area contributed by atoms with Crippen molar-refractivity contribution >= 4 is 16.7 Å². The minimum absolute atomic E-state index is 0.0328. The number of rotatable bonds is 2. The molecule has 29 heavy (non-hydrogen) atoms. The van der Waals surface area contributed by atoms with Crippen LogP contribution in [0.3, 0.4) is 0 Å². The third-order valence-corrected chi connectivity index (χ3v) is 5.69. The molecule has 1 aromatic heterocycles. The van der Waals surface area contributed by atoms with E-state index in [-0.39, 0.29) is 22.9 Å². The van der Waals surface area contributed by atoms with Gasteiger partial charge in [0.15, 0.2) is 0 Å². The Morgan fingerprint density at radius 3 is 2.34 bits per heavy atom. The second-order valence-electron chi connectivity index (χ2n) is 8.84. The Bertz CT molecular complexity index is 1100. The number of hydrogen-bond donors (Lipinski definition) is 0. The Kier molecular flexibility index (Phi) is 4.99. The summed E-state index contributed by atoms with van der Waals surface area (Å²) < 4.78 is 1.62. The monoisotopic (exact) mass is 389 g/mol. The maximum Gasteiger partial charge on any atom is 0.267 e. The van der Waals surface area contributed by atoms with Gasteiger partial charge in [0.1, 0.15) is 0 Å². The number of aromatic nitrogens is 2. The first-order valence-corrected chi connectivity index (χ1v) is 10.2. The summed E-state index contributed by atoms with van der Waals surface area (Å²) in [5.74, 6) is 0.0537. The lowest BCUT2D eigenvalue weighted by molar-refractivity contribution is 0.0687. The number of hydrogen-bond acceptors (Lipinski definition) is 3. The van der Waals surface area contributed by atoms with Crippen molar-refractivity contribution in [3.8, 4) is 0 Å². The molecular weight excluding hydrogens is 362 g/mol. The Morgan fingerprint density at radius 1 is 0.966 bits per heavy atom. The molecule has 0 bridgehead atoms. The van der Waals surface area contributed by atoms with Crippen LogP contribution in [0.4, 0.5) is 0 Å². The molecule has 5 nitrogen and oxygen atoms in total. The fraction of sp³-hybridized carbons (Fsp3) is 0.375. The molecule has 0 N–H and O–H groups in total. The van der Waals surface area contributed by atoms with Crippen molar-refractivity contribution in [3.63, 3.8) is 0 Å². The molecule has 2 aromatic carbocycles. The molecule has 5 heteroatoms. The van der Waals surface area contributed by atoms with E-state index in [2.05, 4.69) is 25.9 Å². The Labute approximate surface area is 171 Å². The van der Waals surface area contributed by atoms with Gasteiger partial charge in [0.05, 0.1) is 11.7 Å². The molecule has 1 aliphatic heterocycles. The summed E-state index contributed by atoms with van der Waals surface area (Å²) in [7, 11) is 0. The minimum Gasteiger partial charge on any atom is -0.338 e. The molecule has 1 saturated heterocycles. The summed E-state index contributed by atoms with van der Waals surface area (Å²) >= 11 is 0. The van der Waals surface area contributed by atoms with E-state index >= 15 is 0 Å². The zero-order chi connectivity index (χ0) is 20.6. The molecule has 150 valence electrons. The summed E-state index contributed by atoms with van der Waals surface area (Å²) in [6.45, 7) is 7.54. The van der Waals surface area contributed by atoms with Gasteiger partial charge in [-0.15, -0.1) is 0 Å². The van der Waals surface area contributed by atoms with E-state index in [1.807, 2.05) is 53.4 Å². The molecule has 2 heterocycles. The van der Waals surface area contributed by atoms with E-state index in [1.165, 1.54) is 0 Å². The van der Waals surface area contributed by atoms with Crippen LogP contribution in [0.1, 0.15) is 55.7 Å². The van der Waals surface area contributed by atoms with E-state index < -0.39 is 0 Å². The van der Waals surface area contributed by atoms with Crippen LogP contribution in [0.15, 0.2) is 59.4 Å². The molecule has 3 aromatic rings. The first-order valence-electron chi connectivity index (χ1n) is 10.2. The van der Waals surface area contributed by atoms with Gasteiger partial charge in [0, 0.05) is 30.1 Å². The predicted octanol–water partition coefficient (Wildman–Crippen LogP) is 4.17. The van der Waals surface area contributed by atoms with Crippen LogP contribution in [0.25, 0.3) is 10.8 Å². The second-order valence-corrected chi connectivity index (χ2v) is 8.84. The van der Waals surface area contributed by atoms with Crippen LogP contribution in [-0.4, -0.2) is 33.7 Å². The third kappa shape index (κ3) is 3.95. The van der Waals surface area contributed by atoms with E-state index in [0.29, 0.717) is 18.7 Å². The van der Waals surface area contributed by atoms with Gasteiger partial charge in [0.25, 0.3) is 11.5 Å². The molecule has 0 unspecified atom stereocenters. The minimum atomic E-state index is -0.109. The normalized spacial score (nSPS) is 15.6. The topological polar surface area (TPSA) is 55.2 Å². The lowest BCUT2D eigenvalue weighted by atomic mass is 9.92. The Morgan fingerprint density at radius 2 is 1.66 bits per heavy atom. The average molecular weight is 389 g/mol. The van der Waals surface area contributed by atoms with E-state index in [9.17, 15) is 9.59 Å². The third-order valence-electron chi connectivity index (χ3n) is 5.69. The van der Waals surface area contributed by atoms with Gasteiger partial charge in [-0.1, -0.05) is 51.1 Å². The van der Waals surface area contributed by atoms with Gasteiger partial charge in [0.2, 0.25) is 0 Å². The van der Waals surface area contributed by atoms with Crippen LogP contribution in [0.2, 0.25) is 0 Å². The highest BCUT2D eigenvalue weighted by Crippen LogP contribution is 2.25. The average Bonchev–Trinajstić information content (AvgIpc) is 2.72. The predicted molar refractivity (Wildman–Crippen MR) is 115 cm³/mol. The van der Waals surface area contributed by atoms with E-state index in [1.54, 1.807) is 10.7 Å². The van der Waals surface area contributed by atoms with Crippen molar-refractivity contribution in [2.75, 3.05) is 13.1 Å². The van der Waals surface area contributed by atoms with Gasteiger partial charge in [-0.05, 0) is 41.8 Å². The zero-order valence-corrected chi connectivity index (χ0v) is 17.3. The Hall–Kier alpha value is -2.95. The fourth-order valence-electron chi connectivity index (χ4n) is 3.91. The van der Waals surface area contributed by atoms with Crippen LogP contribution >= 0.6 is 0 Å². The molecule has 4 rings (SSSR count). The highest BCUT2D eigenvalue weighted by molar-refractivity contribution is 5.98. The van der Waals surface area contributed by atoms with Crippen LogP contribution in [0, 0.1) is 0 Å². The quantitative estimate of drug-likeness (QED) is 0.661. The van der Waals surface area contributed by atoms with Crippen molar-refractivity contribution in [2.45, 2.75) is 45.1 Å². The van der Waals surface area contributed by atoms with Crippen molar-refractivity contribution in [2.24, 2.45) is 0 Å². The summed E-state index contributed by atoms with van der Waals surface area (Å²) in [6.07, 6.45) is 1.47. The number of fused-ring (bicyclic) bond motifs is 1. The van der Waals surface area contributed by atoms with Gasteiger partial charge in [-0.25, -0.2) is 4.68 Å². The van der Waals surface area contributed by atoms with Gasteiger partial charge >= 0.3 is 0 Å². The van der Waals surface area contributed by atoms with Crippen molar-refractivity contribution in [1.29, 1.82) is 0 Å². The summed E-state index contributed by atoms with van der Waals surface area (Å²) in [5, 5.41) is 6.83. The molecule has 0 atom stereocenters. The first kappa shape index (κ1) is 19.4. The number of carbonyl (C=O) groups is 1. The number of likely N-dealkylation sites (tertiary alicyclic amines) is 1. The molecule has 0 spiro atoms. The smallest absolute Gasteiger partial charge is 0.267 e. The lowest BCUT2D eigenvalue weighted by Crippen LogP contribution is -2.41. The van der Waals surface area contributed by atoms with Gasteiger partial charge in [-0.2, -0.15) is 5.10 Å². The summed E-state index contributed by atoms with van der Waals surface area (Å²) in [5.41, 5.74) is 1.44. The van der Waals surface area contributed by atoms with Crippen molar-refractivity contribution < 1.29 is 4.79 Å². The number of nitrogens with zero attached hydrogens (tertiary/aromatic N) is 3. The fourth-order valence-corrected chi connectivity index (χ4v) is 3.91. The van der Waals surface area contributed by atoms with E-state index in [4.69, 9.17) is 0 Å². The van der Waals surface area contributed by atoms with E-state index in [0.717, 1.165) is 29.3 Å².